The fourth-order valence-corrected chi connectivity index (χ4v) is 2.38. The molecule has 0 amide bonds. The molecule has 1 heterocycles. The standard InChI is InChI=1S/C14H18O4/c1-3-10-4-5-12(17-2)11(6-10)14(7-13(15)16)8-18-9-14/h4-6H,3,7-9H2,1-2H3,(H,15,16). The number of rotatable bonds is 5. The Balaban J connectivity index is 2.43. The van der Waals surface area contributed by atoms with E-state index in [4.69, 9.17) is 14.6 Å². The highest BCUT2D eigenvalue weighted by Gasteiger charge is 2.44. The number of carbonyl (C=O) groups is 1. The first-order valence-corrected chi connectivity index (χ1v) is 6.08. The summed E-state index contributed by atoms with van der Waals surface area (Å²) in [5.74, 6) is -0.0565. The molecule has 98 valence electrons. The lowest BCUT2D eigenvalue weighted by Gasteiger charge is -2.41. The smallest absolute Gasteiger partial charge is 0.304 e. The van der Waals surface area contributed by atoms with Crippen molar-refractivity contribution in [1.29, 1.82) is 0 Å². The maximum absolute atomic E-state index is 11.0. The third-order valence-electron chi connectivity index (χ3n) is 3.49. The van der Waals surface area contributed by atoms with Gasteiger partial charge in [-0.05, 0) is 18.1 Å². The van der Waals surface area contributed by atoms with E-state index >= 15 is 0 Å². The van der Waals surface area contributed by atoms with E-state index in [0.717, 1.165) is 17.7 Å². The number of ether oxygens (including phenoxy) is 2. The molecular formula is C14H18O4. The zero-order valence-electron chi connectivity index (χ0n) is 10.7. The molecule has 0 bridgehead atoms. The number of hydrogen-bond acceptors (Lipinski definition) is 3. The highest BCUT2D eigenvalue weighted by atomic mass is 16.5. The van der Waals surface area contributed by atoms with Gasteiger partial charge in [0.2, 0.25) is 0 Å². The van der Waals surface area contributed by atoms with Gasteiger partial charge in [0.05, 0.1) is 32.2 Å². The van der Waals surface area contributed by atoms with Crippen LogP contribution in [-0.4, -0.2) is 31.4 Å². The SMILES string of the molecule is CCc1ccc(OC)c(C2(CC(=O)O)COC2)c1. The molecule has 0 atom stereocenters. The maximum Gasteiger partial charge on any atom is 0.304 e. The van der Waals surface area contributed by atoms with Gasteiger partial charge in [-0.2, -0.15) is 0 Å². The van der Waals surface area contributed by atoms with Gasteiger partial charge in [-0.1, -0.05) is 19.1 Å². The Hall–Kier alpha value is -1.55. The third kappa shape index (κ3) is 2.20. The highest BCUT2D eigenvalue weighted by molar-refractivity contribution is 5.70. The van der Waals surface area contributed by atoms with Gasteiger partial charge in [0, 0.05) is 5.56 Å². The van der Waals surface area contributed by atoms with Crippen LogP contribution in [0.25, 0.3) is 0 Å². The molecule has 0 unspecified atom stereocenters. The lowest BCUT2D eigenvalue weighted by molar-refractivity contribution is -0.145. The molecule has 1 saturated heterocycles. The van der Waals surface area contributed by atoms with E-state index in [1.54, 1.807) is 7.11 Å². The number of carboxylic acid groups (broad SMARTS) is 1. The van der Waals surface area contributed by atoms with Gasteiger partial charge in [0.1, 0.15) is 5.75 Å². The molecule has 1 aliphatic heterocycles. The molecule has 0 aliphatic carbocycles. The van der Waals surface area contributed by atoms with E-state index in [9.17, 15) is 4.79 Å². The number of aryl methyl sites for hydroxylation is 1. The maximum atomic E-state index is 11.0. The Morgan fingerprint density at radius 1 is 1.50 bits per heavy atom. The minimum Gasteiger partial charge on any atom is -0.496 e. The van der Waals surface area contributed by atoms with Crippen LogP contribution in [0.3, 0.4) is 0 Å². The van der Waals surface area contributed by atoms with E-state index in [1.807, 2.05) is 18.2 Å². The Morgan fingerprint density at radius 2 is 2.22 bits per heavy atom. The average Bonchev–Trinajstić information content (AvgIpc) is 2.32. The molecule has 0 radical (unpaired) electrons. The van der Waals surface area contributed by atoms with Gasteiger partial charge in [0.15, 0.2) is 0 Å². The van der Waals surface area contributed by atoms with Gasteiger partial charge in [0.25, 0.3) is 0 Å². The second-order valence-corrected chi connectivity index (χ2v) is 4.73. The number of carboxylic acids is 1. The Labute approximate surface area is 107 Å². The van der Waals surface area contributed by atoms with Crippen LogP contribution in [0.2, 0.25) is 0 Å². The summed E-state index contributed by atoms with van der Waals surface area (Å²) in [7, 11) is 1.61. The summed E-state index contributed by atoms with van der Waals surface area (Å²) in [6.45, 7) is 2.97. The Kier molecular flexibility index (Phi) is 3.57. The lowest BCUT2D eigenvalue weighted by Crippen LogP contribution is -2.48. The zero-order valence-corrected chi connectivity index (χ0v) is 10.7. The summed E-state index contributed by atoms with van der Waals surface area (Å²) in [4.78, 5) is 11.0. The second kappa shape index (κ2) is 4.98. The monoisotopic (exact) mass is 250 g/mol. The van der Waals surface area contributed by atoms with Crippen molar-refractivity contribution in [2.45, 2.75) is 25.2 Å². The summed E-state index contributed by atoms with van der Waals surface area (Å²) >= 11 is 0. The van der Waals surface area contributed by atoms with Gasteiger partial charge < -0.3 is 14.6 Å². The van der Waals surface area contributed by atoms with Gasteiger partial charge in [-0.3, -0.25) is 4.79 Å². The average molecular weight is 250 g/mol. The first kappa shape index (κ1) is 12.9. The summed E-state index contributed by atoms with van der Waals surface area (Å²) in [6, 6.07) is 5.97. The van der Waals surface area contributed by atoms with Gasteiger partial charge >= 0.3 is 5.97 Å². The summed E-state index contributed by atoms with van der Waals surface area (Å²) < 4.78 is 10.6. The van der Waals surface area contributed by atoms with Gasteiger partial charge in [-0.25, -0.2) is 0 Å². The normalized spacial score (nSPS) is 17.0. The molecule has 1 aromatic rings. The predicted molar refractivity (Wildman–Crippen MR) is 67.1 cm³/mol. The molecule has 1 fully saturated rings. The lowest BCUT2D eigenvalue weighted by atomic mass is 9.75. The second-order valence-electron chi connectivity index (χ2n) is 4.73. The van der Waals surface area contributed by atoms with Crippen molar-refractivity contribution in [3.8, 4) is 5.75 Å². The van der Waals surface area contributed by atoms with Crippen LogP contribution in [0, 0.1) is 0 Å². The molecule has 1 aliphatic rings. The van der Waals surface area contributed by atoms with E-state index in [1.165, 1.54) is 5.56 Å². The molecule has 0 saturated carbocycles. The molecule has 4 heteroatoms. The molecule has 1 N–H and O–H groups in total. The fourth-order valence-electron chi connectivity index (χ4n) is 2.38. The van der Waals surface area contributed by atoms with Crippen molar-refractivity contribution >= 4 is 5.97 Å². The largest absolute Gasteiger partial charge is 0.496 e. The van der Waals surface area contributed by atoms with Crippen LogP contribution in [-0.2, 0) is 21.4 Å². The number of hydrogen-bond donors (Lipinski definition) is 1. The molecular weight excluding hydrogens is 232 g/mol. The van der Waals surface area contributed by atoms with Crippen LogP contribution >= 0.6 is 0 Å². The topological polar surface area (TPSA) is 55.8 Å². The minimum atomic E-state index is -0.803. The van der Waals surface area contributed by atoms with Crippen LogP contribution in [0.4, 0.5) is 0 Å². The molecule has 2 rings (SSSR count). The molecule has 1 aromatic carbocycles. The molecule has 0 spiro atoms. The zero-order chi connectivity index (χ0) is 13.2. The van der Waals surface area contributed by atoms with Crippen molar-refractivity contribution < 1.29 is 19.4 Å². The van der Waals surface area contributed by atoms with Crippen molar-refractivity contribution in [1.82, 2.24) is 0 Å². The first-order valence-electron chi connectivity index (χ1n) is 6.08. The van der Waals surface area contributed by atoms with E-state index in [-0.39, 0.29) is 6.42 Å². The quantitative estimate of drug-likeness (QED) is 0.868. The molecule has 18 heavy (non-hydrogen) atoms. The van der Waals surface area contributed by atoms with E-state index < -0.39 is 11.4 Å². The summed E-state index contributed by atoms with van der Waals surface area (Å²) in [6.07, 6.45) is 0.998. The van der Waals surface area contributed by atoms with E-state index in [0.29, 0.717) is 13.2 Å². The summed E-state index contributed by atoms with van der Waals surface area (Å²) in [5.41, 5.74) is 1.71. The summed E-state index contributed by atoms with van der Waals surface area (Å²) in [5, 5.41) is 9.07. The van der Waals surface area contributed by atoms with Crippen molar-refractivity contribution in [3.05, 3.63) is 29.3 Å². The number of methoxy groups -OCH3 is 1. The Bertz CT molecular complexity index is 449. The molecule has 0 aromatic heterocycles. The van der Waals surface area contributed by atoms with Crippen molar-refractivity contribution in [2.24, 2.45) is 0 Å². The van der Waals surface area contributed by atoms with Crippen LogP contribution < -0.4 is 4.74 Å². The van der Waals surface area contributed by atoms with Crippen LogP contribution in [0.1, 0.15) is 24.5 Å². The minimum absolute atomic E-state index is 0.0799. The van der Waals surface area contributed by atoms with Crippen LogP contribution in [0.15, 0.2) is 18.2 Å². The first-order chi connectivity index (χ1) is 8.61. The number of aliphatic carboxylic acids is 1. The van der Waals surface area contributed by atoms with E-state index in [2.05, 4.69) is 6.92 Å². The fraction of sp³-hybridized carbons (Fsp3) is 0.500. The predicted octanol–water partition coefficient (Wildman–Crippen LogP) is 2.00. The van der Waals surface area contributed by atoms with Crippen molar-refractivity contribution in [3.63, 3.8) is 0 Å². The molecule has 4 nitrogen and oxygen atoms in total. The van der Waals surface area contributed by atoms with Crippen molar-refractivity contribution in [2.75, 3.05) is 20.3 Å². The Morgan fingerprint density at radius 3 is 2.67 bits per heavy atom. The number of benzene rings is 1. The third-order valence-corrected chi connectivity index (χ3v) is 3.49. The highest BCUT2D eigenvalue weighted by Crippen LogP contribution is 2.41. The van der Waals surface area contributed by atoms with Gasteiger partial charge in [-0.15, -0.1) is 0 Å². The van der Waals surface area contributed by atoms with Crippen LogP contribution in [0.5, 0.6) is 5.75 Å².